The largest absolute Gasteiger partial charge is 0.334 e. The zero-order valence-corrected chi connectivity index (χ0v) is 13.1. The van der Waals surface area contributed by atoms with Crippen LogP contribution in [0, 0.1) is 0 Å². The van der Waals surface area contributed by atoms with E-state index in [1.54, 1.807) is 7.05 Å². The van der Waals surface area contributed by atoms with E-state index in [2.05, 4.69) is 4.98 Å². The van der Waals surface area contributed by atoms with Gasteiger partial charge in [-0.2, -0.15) is 8.78 Å². The second-order valence-electron chi connectivity index (χ2n) is 5.46. The Balaban J connectivity index is 1.74. The highest BCUT2D eigenvalue weighted by molar-refractivity contribution is 7.14. The molecule has 3 rings (SSSR count). The van der Waals surface area contributed by atoms with E-state index in [1.807, 2.05) is 6.07 Å². The predicted octanol–water partition coefficient (Wildman–Crippen LogP) is 3.49. The maximum absolute atomic E-state index is 12.8. The lowest BCUT2D eigenvalue weighted by Gasteiger charge is -2.16. The number of hydrogen-bond acceptors (Lipinski definition) is 3. The first kappa shape index (κ1) is 15.1. The van der Waals surface area contributed by atoms with Crippen LogP contribution in [0.5, 0.6) is 0 Å². The third-order valence-electron chi connectivity index (χ3n) is 3.89. The molecule has 2 aromatic heterocycles. The minimum absolute atomic E-state index is 0.0682. The summed E-state index contributed by atoms with van der Waals surface area (Å²) in [5, 5.41) is 0. The summed E-state index contributed by atoms with van der Waals surface area (Å²) in [6.07, 6.45) is 6.94. The molecule has 0 spiro atoms. The van der Waals surface area contributed by atoms with Crippen molar-refractivity contribution in [3.63, 3.8) is 0 Å². The van der Waals surface area contributed by atoms with Crippen molar-refractivity contribution in [3.8, 4) is 0 Å². The van der Waals surface area contributed by atoms with E-state index in [0.717, 1.165) is 17.4 Å². The molecule has 0 N–H and O–H groups in total. The molecule has 0 unspecified atom stereocenters. The zero-order valence-electron chi connectivity index (χ0n) is 12.3. The highest BCUT2D eigenvalue weighted by atomic mass is 32.1. The Morgan fingerprint density at radius 1 is 1.45 bits per heavy atom. The molecule has 0 aliphatic heterocycles. The molecule has 1 aliphatic carbocycles. The van der Waals surface area contributed by atoms with E-state index in [4.69, 9.17) is 0 Å². The Hall–Kier alpha value is -1.76. The quantitative estimate of drug-likeness (QED) is 0.863. The highest BCUT2D eigenvalue weighted by Gasteiger charge is 2.21. The van der Waals surface area contributed by atoms with Gasteiger partial charge in [0.05, 0.1) is 11.4 Å². The summed E-state index contributed by atoms with van der Waals surface area (Å²) in [5.74, 6) is 0.0513. The van der Waals surface area contributed by atoms with Crippen LogP contribution in [0.1, 0.15) is 45.3 Å². The average molecular weight is 325 g/mol. The Bertz CT molecular complexity index is 657. The van der Waals surface area contributed by atoms with Crippen LogP contribution >= 0.6 is 11.3 Å². The molecule has 0 radical (unpaired) electrons. The molecular weight excluding hydrogens is 308 g/mol. The van der Waals surface area contributed by atoms with E-state index >= 15 is 0 Å². The normalized spacial score (nSPS) is 14.2. The van der Waals surface area contributed by atoms with Crippen LogP contribution in [0.15, 0.2) is 18.5 Å². The van der Waals surface area contributed by atoms with Gasteiger partial charge in [-0.05, 0) is 37.3 Å². The van der Waals surface area contributed by atoms with Gasteiger partial charge in [-0.15, -0.1) is 11.3 Å². The molecule has 0 aromatic carbocycles. The van der Waals surface area contributed by atoms with Crippen molar-refractivity contribution in [3.05, 3.63) is 39.6 Å². The second kappa shape index (κ2) is 6.16. The summed E-state index contributed by atoms with van der Waals surface area (Å²) in [5.41, 5.74) is 1.27. The fraction of sp³-hybridized carbons (Fsp3) is 0.467. The maximum Gasteiger partial charge on any atom is 0.319 e. The molecule has 7 heteroatoms. The third kappa shape index (κ3) is 2.90. The number of alkyl halides is 2. The van der Waals surface area contributed by atoms with Crippen molar-refractivity contribution in [2.45, 2.75) is 38.8 Å². The van der Waals surface area contributed by atoms with Crippen LogP contribution in [0.2, 0.25) is 0 Å². The number of carbonyl (C=O) groups excluding carboxylic acids is 1. The molecule has 0 fully saturated rings. The highest BCUT2D eigenvalue weighted by Crippen LogP contribution is 2.30. The van der Waals surface area contributed by atoms with E-state index in [1.165, 1.54) is 51.9 Å². The lowest BCUT2D eigenvalue weighted by Crippen LogP contribution is -2.27. The van der Waals surface area contributed by atoms with Gasteiger partial charge in [0.2, 0.25) is 0 Å². The van der Waals surface area contributed by atoms with E-state index in [9.17, 15) is 13.6 Å². The van der Waals surface area contributed by atoms with Gasteiger partial charge in [-0.25, -0.2) is 4.98 Å². The summed E-state index contributed by atoms with van der Waals surface area (Å²) in [4.78, 5) is 19.8. The van der Waals surface area contributed by atoms with Crippen molar-refractivity contribution in [1.29, 1.82) is 0 Å². The number of nitrogens with zero attached hydrogens (tertiary/aromatic N) is 3. The van der Waals surface area contributed by atoms with Crippen LogP contribution < -0.4 is 0 Å². The van der Waals surface area contributed by atoms with Gasteiger partial charge < -0.3 is 4.90 Å². The van der Waals surface area contributed by atoms with Crippen molar-refractivity contribution in [2.24, 2.45) is 0 Å². The molecule has 2 heterocycles. The molecule has 1 amide bonds. The van der Waals surface area contributed by atoms with Crippen LogP contribution in [0.25, 0.3) is 0 Å². The standard InChI is InChI=1S/C15H17F2N3OS/c1-19(9-13-18-6-7-20(13)15(16)17)14(21)12-8-10-4-2-3-5-11(10)22-12/h6-8,15H,2-5,9H2,1H3. The number of hydrogen-bond donors (Lipinski definition) is 0. The number of aromatic nitrogens is 2. The van der Waals surface area contributed by atoms with Crippen LogP contribution in [-0.2, 0) is 19.4 Å². The van der Waals surface area contributed by atoms with E-state index in [0.29, 0.717) is 4.88 Å². The van der Waals surface area contributed by atoms with Gasteiger partial charge in [0, 0.05) is 24.3 Å². The van der Waals surface area contributed by atoms with Gasteiger partial charge in [-0.3, -0.25) is 9.36 Å². The molecular formula is C15H17F2N3OS. The number of carbonyl (C=O) groups is 1. The number of thiophene rings is 1. The maximum atomic E-state index is 12.8. The summed E-state index contributed by atoms with van der Waals surface area (Å²) < 4.78 is 26.4. The monoisotopic (exact) mass is 325 g/mol. The molecule has 118 valence electrons. The number of imidazole rings is 1. The molecule has 0 atom stereocenters. The van der Waals surface area contributed by atoms with Gasteiger partial charge >= 0.3 is 6.55 Å². The molecule has 0 saturated carbocycles. The number of rotatable bonds is 4. The van der Waals surface area contributed by atoms with E-state index in [-0.39, 0.29) is 18.3 Å². The minimum Gasteiger partial charge on any atom is -0.334 e. The van der Waals surface area contributed by atoms with Crippen molar-refractivity contribution >= 4 is 17.2 Å². The van der Waals surface area contributed by atoms with Gasteiger partial charge in [0.25, 0.3) is 5.91 Å². The lowest BCUT2D eigenvalue weighted by atomic mass is 9.99. The molecule has 22 heavy (non-hydrogen) atoms. The zero-order chi connectivity index (χ0) is 15.7. The van der Waals surface area contributed by atoms with Crippen LogP contribution in [0.3, 0.4) is 0 Å². The van der Waals surface area contributed by atoms with Crippen molar-refractivity contribution < 1.29 is 13.6 Å². The van der Waals surface area contributed by atoms with E-state index < -0.39 is 6.55 Å². The first-order chi connectivity index (χ1) is 10.6. The Morgan fingerprint density at radius 3 is 2.95 bits per heavy atom. The van der Waals surface area contributed by atoms with Gasteiger partial charge in [0.1, 0.15) is 5.82 Å². The summed E-state index contributed by atoms with van der Waals surface area (Å²) in [6, 6.07) is 1.96. The molecule has 4 nitrogen and oxygen atoms in total. The molecule has 2 aromatic rings. The smallest absolute Gasteiger partial charge is 0.319 e. The number of aryl methyl sites for hydroxylation is 2. The molecule has 1 aliphatic rings. The van der Waals surface area contributed by atoms with Crippen molar-refractivity contribution in [2.75, 3.05) is 7.05 Å². The van der Waals surface area contributed by atoms with Gasteiger partial charge in [0.15, 0.2) is 0 Å². The summed E-state index contributed by atoms with van der Waals surface area (Å²) >= 11 is 1.53. The molecule has 0 bridgehead atoms. The Labute approximate surface area is 131 Å². The first-order valence-electron chi connectivity index (χ1n) is 7.23. The fourth-order valence-electron chi connectivity index (χ4n) is 2.71. The average Bonchev–Trinajstić information content (AvgIpc) is 3.12. The Kier molecular flexibility index (Phi) is 4.24. The number of fused-ring (bicyclic) bond motifs is 1. The topological polar surface area (TPSA) is 38.1 Å². The SMILES string of the molecule is CN(Cc1nccn1C(F)F)C(=O)c1cc2c(s1)CCCC2. The fourth-order valence-corrected chi connectivity index (χ4v) is 3.96. The summed E-state index contributed by atoms with van der Waals surface area (Å²) in [7, 11) is 1.62. The van der Waals surface area contributed by atoms with Gasteiger partial charge in [-0.1, -0.05) is 0 Å². The summed E-state index contributed by atoms with van der Waals surface area (Å²) in [6.45, 7) is -2.58. The minimum atomic E-state index is -2.64. The molecule has 0 saturated heterocycles. The van der Waals surface area contributed by atoms with Crippen LogP contribution in [-0.4, -0.2) is 27.4 Å². The van der Waals surface area contributed by atoms with Crippen molar-refractivity contribution in [1.82, 2.24) is 14.5 Å². The Morgan fingerprint density at radius 2 is 2.23 bits per heavy atom. The second-order valence-corrected chi connectivity index (χ2v) is 6.59. The van der Waals surface area contributed by atoms with Crippen LogP contribution in [0.4, 0.5) is 8.78 Å². The third-order valence-corrected chi connectivity index (χ3v) is 5.12. The predicted molar refractivity (Wildman–Crippen MR) is 80.2 cm³/mol. The first-order valence-corrected chi connectivity index (χ1v) is 8.05. The number of amides is 1. The lowest BCUT2D eigenvalue weighted by molar-refractivity contribution is 0.0613. The number of halogens is 2.